The third kappa shape index (κ3) is 5.82. The van der Waals surface area contributed by atoms with Crippen LogP contribution in [0.2, 0.25) is 0 Å². The Labute approximate surface area is 125 Å². The van der Waals surface area contributed by atoms with Gasteiger partial charge < -0.3 is 9.47 Å². The zero-order chi connectivity index (χ0) is 15.9. The molecule has 0 saturated carbocycles. The highest BCUT2D eigenvalue weighted by molar-refractivity contribution is 7.89. The maximum absolute atomic E-state index is 11.9. The first-order chi connectivity index (χ1) is 9.86. The van der Waals surface area contributed by atoms with Gasteiger partial charge in [-0.1, -0.05) is 19.4 Å². The van der Waals surface area contributed by atoms with Crippen LogP contribution in [-0.2, 0) is 19.5 Å². The molecule has 0 aliphatic carbocycles. The number of esters is 1. The van der Waals surface area contributed by atoms with Crippen LogP contribution in [0.4, 0.5) is 0 Å². The van der Waals surface area contributed by atoms with Gasteiger partial charge in [0.1, 0.15) is 6.61 Å². The molecule has 0 atom stereocenters. The minimum absolute atomic E-state index is 0.112. The summed E-state index contributed by atoms with van der Waals surface area (Å²) in [4.78, 5) is 11.8. The number of hydrogen-bond donors (Lipinski definition) is 1. The molecule has 0 bridgehead atoms. The number of benzene rings is 1. The van der Waals surface area contributed by atoms with Gasteiger partial charge >= 0.3 is 5.97 Å². The Kier molecular flexibility index (Phi) is 6.80. The van der Waals surface area contributed by atoms with Gasteiger partial charge in [0.2, 0.25) is 10.0 Å². The maximum atomic E-state index is 11.9. The zero-order valence-electron chi connectivity index (χ0n) is 12.3. The number of nitrogens with two attached hydrogens (primary N) is 1. The number of unbranched alkanes of at least 4 members (excludes halogenated alkanes) is 1. The lowest BCUT2D eigenvalue weighted by atomic mass is 10.1. The molecule has 21 heavy (non-hydrogen) atoms. The van der Waals surface area contributed by atoms with Gasteiger partial charge in [-0.3, -0.25) is 0 Å². The topological polar surface area (TPSA) is 95.7 Å². The van der Waals surface area contributed by atoms with Gasteiger partial charge in [-0.2, -0.15) is 0 Å². The lowest BCUT2D eigenvalue weighted by molar-refractivity contribution is 0.0313. The first-order valence-corrected chi connectivity index (χ1v) is 8.29. The lowest BCUT2D eigenvalue weighted by Gasteiger charge is -2.09. The number of primary sulfonamides is 1. The number of rotatable bonds is 8. The van der Waals surface area contributed by atoms with Crippen LogP contribution >= 0.6 is 0 Å². The molecule has 6 nitrogen and oxygen atoms in total. The predicted molar refractivity (Wildman–Crippen MR) is 78.6 cm³/mol. The molecule has 118 valence electrons. The molecule has 0 radical (unpaired) electrons. The molecule has 7 heteroatoms. The summed E-state index contributed by atoms with van der Waals surface area (Å²) in [5.41, 5.74) is 0.814. The fourth-order valence-corrected chi connectivity index (χ4v) is 2.16. The summed E-state index contributed by atoms with van der Waals surface area (Å²) >= 11 is 0. The summed E-state index contributed by atoms with van der Waals surface area (Å²) in [5, 5.41) is 5.04. The molecule has 1 aromatic rings. The number of carbonyl (C=O) groups excluding carboxylic acids is 1. The fraction of sp³-hybridized carbons (Fsp3) is 0.500. The van der Waals surface area contributed by atoms with Gasteiger partial charge in [0.05, 0.1) is 17.1 Å². The molecule has 0 aromatic heterocycles. The maximum Gasteiger partial charge on any atom is 0.338 e. The summed E-state index contributed by atoms with van der Waals surface area (Å²) in [6.45, 7) is 4.83. The SMILES string of the molecule is CCCCOCCOC(=O)c1cc(S(N)(=O)=O)ccc1C. The minimum atomic E-state index is -3.84. The van der Waals surface area contributed by atoms with E-state index in [1.54, 1.807) is 6.92 Å². The highest BCUT2D eigenvalue weighted by atomic mass is 32.2. The first kappa shape index (κ1) is 17.6. The van der Waals surface area contributed by atoms with Crippen LogP contribution in [0.5, 0.6) is 0 Å². The Morgan fingerprint density at radius 2 is 1.95 bits per heavy atom. The Morgan fingerprint density at radius 1 is 1.24 bits per heavy atom. The van der Waals surface area contributed by atoms with Gasteiger partial charge in [-0.05, 0) is 31.0 Å². The summed E-state index contributed by atoms with van der Waals surface area (Å²) in [5.74, 6) is -0.586. The molecule has 0 fully saturated rings. The molecule has 0 aliphatic rings. The van der Waals surface area contributed by atoms with Crippen LogP contribution in [0.1, 0.15) is 35.7 Å². The van der Waals surface area contributed by atoms with E-state index >= 15 is 0 Å². The predicted octanol–water partition coefficient (Wildman–Crippen LogP) is 1.62. The Hall–Kier alpha value is -1.44. The number of ether oxygens (including phenoxy) is 2. The average molecular weight is 315 g/mol. The van der Waals surface area contributed by atoms with E-state index in [1.165, 1.54) is 18.2 Å². The smallest absolute Gasteiger partial charge is 0.338 e. The van der Waals surface area contributed by atoms with Gasteiger partial charge in [-0.25, -0.2) is 18.4 Å². The van der Waals surface area contributed by atoms with Crippen molar-refractivity contribution in [2.24, 2.45) is 5.14 Å². The van der Waals surface area contributed by atoms with Crippen molar-refractivity contribution in [1.82, 2.24) is 0 Å². The van der Waals surface area contributed by atoms with Crippen LogP contribution in [0, 0.1) is 6.92 Å². The summed E-state index contributed by atoms with van der Waals surface area (Å²) in [6.07, 6.45) is 2.00. The van der Waals surface area contributed by atoms with Crippen molar-refractivity contribution in [3.8, 4) is 0 Å². The average Bonchev–Trinajstić information content (AvgIpc) is 2.41. The third-order valence-electron chi connectivity index (χ3n) is 2.86. The van der Waals surface area contributed by atoms with E-state index in [-0.39, 0.29) is 17.1 Å². The van der Waals surface area contributed by atoms with E-state index in [0.29, 0.717) is 18.8 Å². The van der Waals surface area contributed by atoms with Crippen LogP contribution in [0.3, 0.4) is 0 Å². The van der Waals surface area contributed by atoms with Crippen LogP contribution in [0.25, 0.3) is 0 Å². The molecule has 1 rings (SSSR count). The van der Waals surface area contributed by atoms with Crippen LogP contribution in [-0.4, -0.2) is 34.2 Å². The van der Waals surface area contributed by atoms with E-state index in [9.17, 15) is 13.2 Å². The van der Waals surface area contributed by atoms with Crippen molar-refractivity contribution in [3.05, 3.63) is 29.3 Å². The monoisotopic (exact) mass is 315 g/mol. The third-order valence-corrected chi connectivity index (χ3v) is 3.77. The van der Waals surface area contributed by atoms with Crippen molar-refractivity contribution in [2.45, 2.75) is 31.6 Å². The normalized spacial score (nSPS) is 11.4. The van der Waals surface area contributed by atoms with Crippen LogP contribution < -0.4 is 5.14 Å². The van der Waals surface area contributed by atoms with Crippen molar-refractivity contribution < 1.29 is 22.7 Å². The largest absolute Gasteiger partial charge is 0.460 e. The molecule has 0 spiro atoms. The van der Waals surface area contributed by atoms with E-state index in [1.807, 2.05) is 0 Å². The highest BCUT2D eigenvalue weighted by Gasteiger charge is 2.15. The second kappa shape index (κ2) is 8.11. The highest BCUT2D eigenvalue weighted by Crippen LogP contribution is 2.15. The van der Waals surface area contributed by atoms with E-state index in [2.05, 4.69) is 6.92 Å². The van der Waals surface area contributed by atoms with Crippen LogP contribution in [0.15, 0.2) is 23.1 Å². The second-order valence-electron chi connectivity index (χ2n) is 4.62. The van der Waals surface area contributed by atoms with Gasteiger partial charge in [-0.15, -0.1) is 0 Å². The quantitative estimate of drug-likeness (QED) is 0.581. The van der Waals surface area contributed by atoms with E-state index in [0.717, 1.165) is 12.8 Å². The Bertz CT molecular complexity index is 583. The molecule has 0 unspecified atom stereocenters. The molecule has 0 aliphatic heterocycles. The molecule has 0 amide bonds. The molecular weight excluding hydrogens is 294 g/mol. The summed E-state index contributed by atoms with van der Waals surface area (Å²) < 4.78 is 32.9. The molecule has 0 saturated heterocycles. The fourth-order valence-electron chi connectivity index (χ4n) is 1.62. The number of aryl methyl sites for hydroxylation is 1. The van der Waals surface area contributed by atoms with Gasteiger partial charge in [0.15, 0.2) is 0 Å². The van der Waals surface area contributed by atoms with E-state index < -0.39 is 16.0 Å². The van der Waals surface area contributed by atoms with Crippen molar-refractivity contribution in [3.63, 3.8) is 0 Å². The van der Waals surface area contributed by atoms with Gasteiger partial charge in [0, 0.05) is 6.61 Å². The second-order valence-corrected chi connectivity index (χ2v) is 6.19. The van der Waals surface area contributed by atoms with Crippen molar-refractivity contribution in [2.75, 3.05) is 19.8 Å². The van der Waals surface area contributed by atoms with Crippen molar-refractivity contribution in [1.29, 1.82) is 0 Å². The van der Waals surface area contributed by atoms with Gasteiger partial charge in [0.25, 0.3) is 0 Å². The Balaban J connectivity index is 2.62. The molecule has 0 heterocycles. The summed E-state index contributed by atoms with van der Waals surface area (Å²) in [6, 6.07) is 4.11. The zero-order valence-corrected chi connectivity index (χ0v) is 13.1. The molecular formula is C14H21NO5S. The minimum Gasteiger partial charge on any atom is -0.460 e. The summed E-state index contributed by atoms with van der Waals surface area (Å²) in [7, 11) is -3.84. The number of carbonyl (C=O) groups is 1. The Morgan fingerprint density at radius 3 is 2.57 bits per heavy atom. The van der Waals surface area contributed by atoms with Crippen molar-refractivity contribution >= 4 is 16.0 Å². The lowest BCUT2D eigenvalue weighted by Crippen LogP contribution is -2.16. The first-order valence-electron chi connectivity index (χ1n) is 6.74. The number of sulfonamides is 1. The van der Waals surface area contributed by atoms with E-state index in [4.69, 9.17) is 14.6 Å². The molecule has 2 N–H and O–H groups in total. The number of hydrogen-bond acceptors (Lipinski definition) is 5. The molecule has 1 aromatic carbocycles. The standard InChI is InChI=1S/C14H21NO5S/c1-3-4-7-19-8-9-20-14(16)13-10-12(21(15,17)18)6-5-11(13)2/h5-6,10H,3-4,7-9H2,1-2H3,(H2,15,17,18).